The Bertz CT molecular complexity index is 457. The molecule has 0 atom stereocenters. The molecule has 1 aromatic carbocycles. The summed E-state index contributed by atoms with van der Waals surface area (Å²) < 4.78 is 18.0. The zero-order valence-electron chi connectivity index (χ0n) is 8.79. The highest BCUT2D eigenvalue weighted by Gasteiger charge is 2.16. The first-order valence-corrected chi connectivity index (χ1v) is 4.90. The lowest BCUT2D eigenvalue weighted by Gasteiger charge is -2.14. The third-order valence-corrected chi connectivity index (χ3v) is 2.38. The van der Waals surface area contributed by atoms with Gasteiger partial charge in [-0.2, -0.15) is 5.10 Å². The van der Waals surface area contributed by atoms with Gasteiger partial charge in [0.15, 0.2) is 0 Å². The Morgan fingerprint density at radius 2 is 2.25 bits per heavy atom. The molecule has 4 nitrogen and oxygen atoms in total. The Hall–Kier alpha value is -1.91. The lowest BCUT2D eigenvalue weighted by atomic mass is 10.0. The number of nitrogens with zero attached hydrogens (tertiary/aromatic N) is 1. The molecule has 1 N–H and O–H groups in total. The van der Waals surface area contributed by atoms with Crippen molar-refractivity contribution in [3.05, 3.63) is 29.6 Å². The highest BCUT2D eigenvalue weighted by Crippen LogP contribution is 2.22. The van der Waals surface area contributed by atoms with E-state index in [9.17, 15) is 9.18 Å². The van der Waals surface area contributed by atoms with Crippen LogP contribution in [0.3, 0.4) is 0 Å². The highest BCUT2D eigenvalue weighted by molar-refractivity contribution is 6.05. The summed E-state index contributed by atoms with van der Waals surface area (Å²) in [6.45, 7) is 0. The third-order valence-electron chi connectivity index (χ3n) is 2.38. The highest BCUT2D eigenvalue weighted by atomic mass is 19.1. The van der Waals surface area contributed by atoms with Crippen LogP contribution >= 0.6 is 0 Å². The van der Waals surface area contributed by atoms with Crippen molar-refractivity contribution in [1.82, 2.24) is 5.43 Å². The van der Waals surface area contributed by atoms with Crippen LogP contribution in [0, 0.1) is 5.82 Å². The van der Waals surface area contributed by atoms with Crippen LogP contribution in [-0.2, 0) is 4.79 Å². The Balaban J connectivity index is 2.36. The maximum atomic E-state index is 13.0. The van der Waals surface area contributed by atoms with Crippen molar-refractivity contribution in [3.8, 4) is 5.75 Å². The van der Waals surface area contributed by atoms with E-state index in [1.165, 1.54) is 19.2 Å². The van der Waals surface area contributed by atoms with Gasteiger partial charge in [0.25, 0.3) is 0 Å². The van der Waals surface area contributed by atoms with E-state index in [2.05, 4.69) is 10.5 Å². The third kappa shape index (κ3) is 2.03. The molecule has 84 valence electrons. The van der Waals surface area contributed by atoms with Crippen molar-refractivity contribution in [1.29, 1.82) is 0 Å². The minimum atomic E-state index is -0.360. The number of carbonyl (C=O) groups excluding carboxylic acids is 1. The first-order chi connectivity index (χ1) is 7.70. The summed E-state index contributed by atoms with van der Waals surface area (Å²) in [4.78, 5) is 10.9. The lowest BCUT2D eigenvalue weighted by Crippen LogP contribution is -2.26. The average Bonchev–Trinajstić information content (AvgIpc) is 2.30. The summed E-state index contributed by atoms with van der Waals surface area (Å²) in [5, 5.41) is 3.93. The molecule has 1 aromatic rings. The number of amides is 1. The van der Waals surface area contributed by atoms with E-state index in [1.54, 1.807) is 6.07 Å². The molecule has 0 saturated carbocycles. The molecule has 1 aliphatic heterocycles. The van der Waals surface area contributed by atoms with Gasteiger partial charge in [-0.25, -0.2) is 9.82 Å². The van der Waals surface area contributed by atoms with Crippen LogP contribution < -0.4 is 10.2 Å². The molecule has 0 unspecified atom stereocenters. The molecular formula is C11H11FN2O2. The fraction of sp³-hybridized carbons (Fsp3) is 0.273. The molecule has 0 bridgehead atoms. The van der Waals surface area contributed by atoms with Gasteiger partial charge in [0.2, 0.25) is 5.91 Å². The molecule has 0 saturated heterocycles. The van der Waals surface area contributed by atoms with Gasteiger partial charge in [-0.3, -0.25) is 4.79 Å². The fourth-order valence-corrected chi connectivity index (χ4v) is 1.57. The zero-order chi connectivity index (χ0) is 11.5. The number of hydrogen-bond acceptors (Lipinski definition) is 3. The summed E-state index contributed by atoms with van der Waals surface area (Å²) in [5.74, 6) is -0.0410. The van der Waals surface area contributed by atoms with Gasteiger partial charge in [0.1, 0.15) is 11.6 Å². The molecule has 0 aromatic heterocycles. The van der Waals surface area contributed by atoms with Gasteiger partial charge in [0.05, 0.1) is 12.8 Å². The molecule has 1 heterocycles. The van der Waals surface area contributed by atoms with E-state index in [-0.39, 0.29) is 11.7 Å². The largest absolute Gasteiger partial charge is 0.496 e. The van der Waals surface area contributed by atoms with E-state index >= 15 is 0 Å². The van der Waals surface area contributed by atoms with Gasteiger partial charge < -0.3 is 4.74 Å². The number of nitrogens with one attached hydrogen (secondary N) is 1. The van der Waals surface area contributed by atoms with Crippen molar-refractivity contribution in [3.63, 3.8) is 0 Å². The predicted octanol–water partition coefficient (Wildman–Crippen LogP) is 1.45. The number of rotatable bonds is 2. The van der Waals surface area contributed by atoms with E-state index < -0.39 is 0 Å². The second-order valence-corrected chi connectivity index (χ2v) is 3.44. The number of halogens is 1. The predicted molar refractivity (Wildman–Crippen MR) is 56.9 cm³/mol. The standard InChI is InChI=1S/C11H11FN2O2/c1-16-10-6-7(12)2-3-8(10)9-4-5-11(15)14-13-9/h2-3,6H,4-5H2,1H3,(H,14,15). The summed E-state index contributed by atoms with van der Waals surface area (Å²) in [7, 11) is 1.47. The van der Waals surface area contributed by atoms with E-state index in [0.717, 1.165) is 0 Å². The molecule has 1 aliphatic rings. The monoisotopic (exact) mass is 222 g/mol. The summed E-state index contributed by atoms with van der Waals surface area (Å²) in [6, 6.07) is 4.25. The number of methoxy groups -OCH3 is 1. The maximum absolute atomic E-state index is 13.0. The second kappa shape index (κ2) is 4.30. The topological polar surface area (TPSA) is 50.7 Å². The SMILES string of the molecule is COc1cc(F)ccc1C1=NNC(=O)CC1. The number of ether oxygens (including phenoxy) is 1. The number of carbonyl (C=O) groups is 1. The maximum Gasteiger partial charge on any atom is 0.240 e. The smallest absolute Gasteiger partial charge is 0.240 e. The lowest BCUT2D eigenvalue weighted by molar-refractivity contribution is -0.121. The number of benzene rings is 1. The molecule has 0 spiro atoms. The Labute approximate surface area is 92.1 Å². The minimum absolute atomic E-state index is 0.107. The average molecular weight is 222 g/mol. The first kappa shape index (κ1) is 10.6. The zero-order valence-corrected chi connectivity index (χ0v) is 8.79. The van der Waals surface area contributed by atoms with E-state index in [1.807, 2.05) is 0 Å². The van der Waals surface area contributed by atoms with Crippen LogP contribution in [0.1, 0.15) is 18.4 Å². The summed E-state index contributed by atoms with van der Waals surface area (Å²) >= 11 is 0. The van der Waals surface area contributed by atoms with Crippen molar-refractivity contribution in [2.75, 3.05) is 7.11 Å². The van der Waals surface area contributed by atoms with Crippen molar-refractivity contribution < 1.29 is 13.9 Å². The molecule has 5 heteroatoms. The first-order valence-electron chi connectivity index (χ1n) is 4.90. The minimum Gasteiger partial charge on any atom is -0.496 e. The van der Waals surface area contributed by atoms with Crippen molar-refractivity contribution in [2.24, 2.45) is 5.10 Å². The molecule has 0 fully saturated rings. The summed E-state index contributed by atoms with van der Waals surface area (Å²) in [6.07, 6.45) is 0.924. The van der Waals surface area contributed by atoms with Crippen molar-refractivity contribution >= 4 is 11.6 Å². The van der Waals surface area contributed by atoms with Crippen LogP contribution in [-0.4, -0.2) is 18.7 Å². The quantitative estimate of drug-likeness (QED) is 0.823. The van der Waals surface area contributed by atoms with Crippen LogP contribution in [0.4, 0.5) is 4.39 Å². The molecule has 16 heavy (non-hydrogen) atoms. The van der Waals surface area contributed by atoms with Gasteiger partial charge in [-0.15, -0.1) is 0 Å². The summed E-state index contributed by atoms with van der Waals surface area (Å²) in [5.41, 5.74) is 3.81. The fourth-order valence-electron chi connectivity index (χ4n) is 1.57. The Morgan fingerprint density at radius 1 is 1.44 bits per heavy atom. The van der Waals surface area contributed by atoms with Gasteiger partial charge >= 0.3 is 0 Å². The Kier molecular flexibility index (Phi) is 2.85. The number of hydrogen-bond donors (Lipinski definition) is 1. The van der Waals surface area contributed by atoms with Crippen LogP contribution in [0.25, 0.3) is 0 Å². The molecule has 0 radical (unpaired) electrons. The van der Waals surface area contributed by atoms with Gasteiger partial charge in [-0.1, -0.05) is 0 Å². The Morgan fingerprint density at radius 3 is 2.88 bits per heavy atom. The number of hydrazone groups is 1. The molecule has 2 rings (SSSR count). The van der Waals surface area contributed by atoms with E-state index in [0.29, 0.717) is 29.9 Å². The molecular weight excluding hydrogens is 211 g/mol. The van der Waals surface area contributed by atoms with Gasteiger partial charge in [-0.05, 0) is 12.1 Å². The van der Waals surface area contributed by atoms with Gasteiger partial charge in [0, 0.05) is 24.5 Å². The van der Waals surface area contributed by atoms with Crippen molar-refractivity contribution in [2.45, 2.75) is 12.8 Å². The molecule has 0 aliphatic carbocycles. The normalized spacial score (nSPS) is 15.4. The second-order valence-electron chi connectivity index (χ2n) is 3.44. The van der Waals surface area contributed by atoms with Crippen LogP contribution in [0.5, 0.6) is 5.75 Å². The molecule has 1 amide bonds. The van der Waals surface area contributed by atoms with Crippen LogP contribution in [0.15, 0.2) is 23.3 Å². The van der Waals surface area contributed by atoms with E-state index in [4.69, 9.17) is 4.74 Å². The van der Waals surface area contributed by atoms with Crippen LogP contribution in [0.2, 0.25) is 0 Å².